The molecular formula is C11H16BrN3O. The molecule has 0 bridgehead atoms. The topological polar surface area (TPSA) is 70.6 Å². The molecule has 0 aliphatic carbocycles. The van der Waals surface area contributed by atoms with Gasteiger partial charge in [-0.3, -0.25) is 0 Å². The van der Waals surface area contributed by atoms with Crippen LogP contribution in [0.25, 0.3) is 0 Å². The van der Waals surface area contributed by atoms with E-state index in [-0.39, 0.29) is 17.9 Å². The number of hydrogen-bond acceptors (Lipinski definition) is 3. The Morgan fingerprint density at radius 3 is 2.44 bits per heavy atom. The Balaban J connectivity index is 2.65. The van der Waals surface area contributed by atoms with Crippen LogP contribution < -0.4 is 11.1 Å². The summed E-state index contributed by atoms with van der Waals surface area (Å²) in [4.78, 5) is 0. The van der Waals surface area contributed by atoms with Crippen LogP contribution in [-0.2, 0) is 0 Å². The lowest BCUT2D eigenvalue weighted by molar-refractivity contribution is 0.314. The quantitative estimate of drug-likeness (QED) is 0.344. The zero-order chi connectivity index (χ0) is 12.1. The van der Waals surface area contributed by atoms with E-state index in [0.29, 0.717) is 0 Å². The minimum Gasteiger partial charge on any atom is -0.409 e. The monoisotopic (exact) mass is 285 g/mol. The van der Waals surface area contributed by atoms with Crippen molar-refractivity contribution in [2.75, 3.05) is 0 Å². The molecule has 0 fully saturated rings. The average molecular weight is 286 g/mol. The van der Waals surface area contributed by atoms with Gasteiger partial charge in [0, 0.05) is 10.5 Å². The molecule has 0 spiro atoms. The first-order valence-electron chi connectivity index (χ1n) is 5.03. The Morgan fingerprint density at radius 2 is 1.94 bits per heavy atom. The summed E-state index contributed by atoms with van der Waals surface area (Å²) in [5.41, 5.74) is 6.65. The zero-order valence-corrected chi connectivity index (χ0v) is 10.9. The Morgan fingerprint density at radius 1 is 1.38 bits per heavy atom. The second-order valence-corrected chi connectivity index (χ2v) is 4.60. The van der Waals surface area contributed by atoms with Gasteiger partial charge in [-0.2, -0.15) is 0 Å². The van der Waals surface area contributed by atoms with Gasteiger partial charge in [-0.15, -0.1) is 0 Å². The highest BCUT2D eigenvalue weighted by Crippen LogP contribution is 2.16. The summed E-state index contributed by atoms with van der Waals surface area (Å²) in [6, 6.07) is 8.01. The number of oxime groups is 1. The van der Waals surface area contributed by atoms with Gasteiger partial charge in [-0.25, -0.2) is 0 Å². The van der Waals surface area contributed by atoms with Crippen molar-refractivity contribution in [3.05, 3.63) is 34.3 Å². The smallest absolute Gasteiger partial charge is 0.156 e. The number of amidine groups is 1. The van der Waals surface area contributed by atoms with E-state index in [1.165, 1.54) is 0 Å². The number of nitrogens with one attached hydrogen (secondary N) is 1. The molecule has 4 nitrogen and oxygen atoms in total. The molecule has 5 heteroatoms. The molecule has 1 unspecified atom stereocenters. The molecule has 0 saturated carbocycles. The van der Waals surface area contributed by atoms with Gasteiger partial charge in [0.25, 0.3) is 0 Å². The van der Waals surface area contributed by atoms with Gasteiger partial charge in [0.1, 0.15) is 0 Å². The van der Waals surface area contributed by atoms with E-state index in [2.05, 4.69) is 26.4 Å². The van der Waals surface area contributed by atoms with E-state index in [1.54, 1.807) is 0 Å². The summed E-state index contributed by atoms with van der Waals surface area (Å²) in [5.74, 6) is 0.184. The first kappa shape index (κ1) is 13.0. The van der Waals surface area contributed by atoms with Crippen molar-refractivity contribution >= 4 is 21.8 Å². The third-order valence-corrected chi connectivity index (χ3v) is 2.96. The normalized spacial score (nSPS) is 15.8. The van der Waals surface area contributed by atoms with E-state index in [0.717, 1.165) is 10.0 Å². The Labute approximate surface area is 104 Å². The molecule has 88 valence electrons. The Kier molecular flexibility index (Phi) is 4.76. The van der Waals surface area contributed by atoms with Gasteiger partial charge in [-0.05, 0) is 31.5 Å². The highest BCUT2D eigenvalue weighted by Gasteiger charge is 2.12. The van der Waals surface area contributed by atoms with Crippen molar-refractivity contribution in [1.82, 2.24) is 5.32 Å². The number of halogens is 1. The van der Waals surface area contributed by atoms with Gasteiger partial charge in [0.15, 0.2) is 5.84 Å². The zero-order valence-electron chi connectivity index (χ0n) is 9.31. The minimum atomic E-state index is -0.163. The predicted octanol–water partition coefficient (Wildman–Crippen LogP) is 2.23. The maximum Gasteiger partial charge on any atom is 0.156 e. The molecule has 0 radical (unpaired) electrons. The molecule has 1 rings (SSSR count). The van der Waals surface area contributed by atoms with Crippen LogP contribution in [0.5, 0.6) is 0 Å². The van der Waals surface area contributed by atoms with Gasteiger partial charge in [-0.1, -0.05) is 33.2 Å². The summed E-state index contributed by atoms with van der Waals surface area (Å²) in [7, 11) is 0. The first-order chi connectivity index (χ1) is 7.54. The molecule has 1 aromatic rings. The van der Waals surface area contributed by atoms with Crippen molar-refractivity contribution in [1.29, 1.82) is 0 Å². The third kappa shape index (κ3) is 3.50. The van der Waals surface area contributed by atoms with Crippen LogP contribution in [0.1, 0.15) is 25.5 Å². The largest absolute Gasteiger partial charge is 0.409 e. The lowest BCUT2D eigenvalue weighted by atomic mass is 10.1. The molecule has 0 heterocycles. The molecule has 0 amide bonds. The van der Waals surface area contributed by atoms with Crippen LogP contribution in [0.15, 0.2) is 33.9 Å². The van der Waals surface area contributed by atoms with Gasteiger partial charge < -0.3 is 16.3 Å². The van der Waals surface area contributed by atoms with Crippen LogP contribution in [0, 0.1) is 0 Å². The third-order valence-electron chi connectivity index (χ3n) is 2.43. The highest BCUT2D eigenvalue weighted by atomic mass is 79.9. The second kappa shape index (κ2) is 5.86. The van der Waals surface area contributed by atoms with E-state index in [9.17, 15) is 0 Å². The molecule has 16 heavy (non-hydrogen) atoms. The number of rotatable bonds is 4. The molecule has 4 N–H and O–H groups in total. The molecule has 0 aliphatic heterocycles. The van der Waals surface area contributed by atoms with Crippen molar-refractivity contribution < 1.29 is 5.21 Å². The Hall–Kier alpha value is -1.07. The predicted molar refractivity (Wildman–Crippen MR) is 68.6 cm³/mol. The van der Waals surface area contributed by atoms with Crippen molar-refractivity contribution in [3.8, 4) is 0 Å². The van der Waals surface area contributed by atoms with E-state index >= 15 is 0 Å². The van der Waals surface area contributed by atoms with Crippen LogP contribution in [0.3, 0.4) is 0 Å². The summed E-state index contributed by atoms with van der Waals surface area (Å²) in [5, 5.41) is 14.8. The van der Waals surface area contributed by atoms with E-state index < -0.39 is 0 Å². The number of nitrogens with two attached hydrogens (primary N) is 1. The van der Waals surface area contributed by atoms with Crippen molar-refractivity contribution in [2.45, 2.75) is 25.9 Å². The van der Waals surface area contributed by atoms with Crippen LogP contribution in [0.4, 0.5) is 0 Å². The lowest BCUT2D eigenvalue weighted by Crippen LogP contribution is -2.40. The fraction of sp³-hybridized carbons (Fsp3) is 0.364. The van der Waals surface area contributed by atoms with Gasteiger partial charge in [0.2, 0.25) is 0 Å². The average Bonchev–Trinajstić information content (AvgIpc) is 2.28. The molecular weight excluding hydrogens is 270 g/mol. The summed E-state index contributed by atoms with van der Waals surface area (Å²) >= 11 is 3.39. The summed E-state index contributed by atoms with van der Waals surface area (Å²) in [6.45, 7) is 3.88. The van der Waals surface area contributed by atoms with Gasteiger partial charge in [0.05, 0.1) is 6.04 Å². The van der Waals surface area contributed by atoms with E-state index in [4.69, 9.17) is 10.9 Å². The standard InChI is InChI=1S/C11H16BrN3O/c1-7(14-8(2)11(13)15-16)9-3-5-10(12)6-4-9/h3-8,14,16H,1-2H3,(H2,13,15)/t7-,8?/m1/s1. The molecule has 2 atom stereocenters. The van der Waals surface area contributed by atoms with Crippen LogP contribution in [-0.4, -0.2) is 17.1 Å². The van der Waals surface area contributed by atoms with Crippen molar-refractivity contribution in [2.24, 2.45) is 10.9 Å². The molecule has 0 aliphatic rings. The SMILES string of the molecule is CC(N[C@H](C)c1ccc(Br)cc1)/C(N)=N/O. The van der Waals surface area contributed by atoms with Crippen LogP contribution in [0.2, 0.25) is 0 Å². The number of nitrogens with zero attached hydrogens (tertiary/aromatic N) is 1. The molecule has 0 aromatic heterocycles. The van der Waals surface area contributed by atoms with E-state index in [1.807, 2.05) is 38.1 Å². The van der Waals surface area contributed by atoms with Crippen molar-refractivity contribution in [3.63, 3.8) is 0 Å². The molecule has 1 aromatic carbocycles. The Bertz CT molecular complexity index is 364. The first-order valence-corrected chi connectivity index (χ1v) is 5.83. The lowest BCUT2D eigenvalue weighted by Gasteiger charge is -2.19. The highest BCUT2D eigenvalue weighted by molar-refractivity contribution is 9.10. The fourth-order valence-electron chi connectivity index (χ4n) is 1.39. The van der Waals surface area contributed by atoms with Crippen LogP contribution >= 0.6 is 15.9 Å². The fourth-order valence-corrected chi connectivity index (χ4v) is 1.66. The maximum absolute atomic E-state index is 8.54. The second-order valence-electron chi connectivity index (χ2n) is 3.69. The summed E-state index contributed by atoms with van der Waals surface area (Å²) in [6.07, 6.45) is 0. The number of hydrogen-bond donors (Lipinski definition) is 3. The molecule has 0 saturated heterocycles. The summed E-state index contributed by atoms with van der Waals surface area (Å²) < 4.78 is 1.05. The number of benzene rings is 1. The van der Waals surface area contributed by atoms with Gasteiger partial charge >= 0.3 is 0 Å². The minimum absolute atomic E-state index is 0.142. The maximum atomic E-state index is 8.54.